The van der Waals surface area contributed by atoms with Gasteiger partial charge in [0.1, 0.15) is 12.1 Å². The van der Waals surface area contributed by atoms with Gasteiger partial charge >= 0.3 is 0 Å². The molecule has 0 spiro atoms. The molecule has 1 aliphatic rings. The fourth-order valence-corrected chi connectivity index (χ4v) is 2.53. The van der Waals surface area contributed by atoms with Crippen LogP contribution in [0.2, 0.25) is 0 Å². The summed E-state index contributed by atoms with van der Waals surface area (Å²) in [6.45, 7) is 0. The number of aldehydes is 1. The fraction of sp³-hybridized carbons (Fsp3) is 0.308. The molecule has 16 heavy (non-hydrogen) atoms. The molecule has 0 saturated heterocycles. The summed E-state index contributed by atoms with van der Waals surface area (Å²) in [5, 5.41) is 0.932. The van der Waals surface area contributed by atoms with Crippen LogP contribution in [0.1, 0.15) is 17.7 Å². The number of halogens is 1. The Kier molecular flexibility index (Phi) is 2.06. The topological polar surface area (TPSA) is 32.9 Å². The lowest BCUT2D eigenvalue weighted by atomic mass is 9.87. The van der Waals surface area contributed by atoms with Gasteiger partial charge in [0.15, 0.2) is 0 Å². The molecule has 1 aromatic heterocycles. The third-order valence-electron chi connectivity index (χ3n) is 3.38. The van der Waals surface area contributed by atoms with Crippen molar-refractivity contribution in [2.75, 3.05) is 0 Å². The van der Waals surface area contributed by atoms with E-state index < -0.39 is 0 Å². The molecule has 0 unspecified atom stereocenters. The standard InChI is InChI=1S/C13H12FNO/c14-9-2-4-13-11(6-9)10-5-8(7-16)1-3-12(10)15-13/h2,4,6-8,15H,1,3,5H2/t8-/m0/s1. The Hall–Kier alpha value is -1.64. The van der Waals surface area contributed by atoms with Crippen molar-refractivity contribution >= 4 is 17.2 Å². The summed E-state index contributed by atoms with van der Waals surface area (Å²) in [6.07, 6.45) is 3.53. The molecule has 0 saturated carbocycles. The number of hydrogen-bond donors (Lipinski definition) is 1. The second-order valence-corrected chi connectivity index (χ2v) is 4.41. The van der Waals surface area contributed by atoms with Gasteiger partial charge in [0, 0.05) is 22.5 Å². The van der Waals surface area contributed by atoms with Gasteiger partial charge in [-0.3, -0.25) is 0 Å². The van der Waals surface area contributed by atoms with Crippen LogP contribution in [0.5, 0.6) is 0 Å². The molecule has 0 fully saturated rings. The molecular formula is C13H12FNO. The monoisotopic (exact) mass is 217 g/mol. The molecule has 0 radical (unpaired) electrons. The van der Waals surface area contributed by atoms with Crippen LogP contribution in [0.25, 0.3) is 10.9 Å². The van der Waals surface area contributed by atoms with Crippen LogP contribution in [0.3, 0.4) is 0 Å². The van der Waals surface area contributed by atoms with Crippen molar-refractivity contribution < 1.29 is 9.18 Å². The lowest BCUT2D eigenvalue weighted by Crippen LogP contribution is -2.14. The number of carbonyl (C=O) groups excluding carboxylic acids is 1. The van der Waals surface area contributed by atoms with Gasteiger partial charge < -0.3 is 9.78 Å². The van der Waals surface area contributed by atoms with Crippen molar-refractivity contribution in [3.05, 3.63) is 35.3 Å². The van der Waals surface area contributed by atoms with E-state index in [0.29, 0.717) is 0 Å². The van der Waals surface area contributed by atoms with Gasteiger partial charge in [-0.1, -0.05) is 0 Å². The smallest absolute Gasteiger partial charge is 0.123 e. The molecule has 3 heteroatoms. The van der Waals surface area contributed by atoms with Crippen molar-refractivity contribution in [3.63, 3.8) is 0 Å². The lowest BCUT2D eigenvalue weighted by molar-refractivity contribution is -0.111. The summed E-state index contributed by atoms with van der Waals surface area (Å²) in [6, 6.07) is 4.78. The molecule has 1 heterocycles. The summed E-state index contributed by atoms with van der Waals surface area (Å²) in [5.41, 5.74) is 3.26. The van der Waals surface area contributed by atoms with E-state index in [1.807, 2.05) is 0 Å². The number of carbonyl (C=O) groups is 1. The number of fused-ring (bicyclic) bond motifs is 3. The Balaban J connectivity index is 2.19. The van der Waals surface area contributed by atoms with Crippen LogP contribution in [0.4, 0.5) is 4.39 Å². The predicted molar refractivity (Wildman–Crippen MR) is 59.8 cm³/mol. The van der Waals surface area contributed by atoms with E-state index in [2.05, 4.69) is 4.98 Å². The highest BCUT2D eigenvalue weighted by Crippen LogP contribution is 2.31. The number of benzene rings is 1. The first-order valence-electron chi connectivity index (χ1n) is 5.52. The molecule has 3 rings (SSSR count). The zero-order valence-corrected chi connectivity index (χ0v) is 8.79. The van der Waals surface area contributed by atoms with E-state index in [-0.39, 0.29) is 11.7 Å². The third kappa shape index (κ3) is 1.35. The van der Waals surface area contributed by atoms with E-state index in [0.717, 1.165) is 42.0 Å². The summed E-state index contributed by atoms with van der Waals surface area (Å²) in [7, 11) is 0. The van der Waals surface area contributed by atoms with E-state index in [9.17, 15) is 9.18 Å². The molecule has 2 nitrogen and oxygen atoms in total. The van der Waals surface area contributed by atoms with Gasteiger partial charge in [0.25, 0.3) is 0 Å². The highest BCUT2D eigenvalue weighted by atomic mass is 19.1. The Morgan fingerprint density at radius 3 is 3.12 bits per heavy atom. The number of H-pyrrole nitrogens is 1. The van der Waals surface area contributed by atoms with E-state index >= 15 is 0 Å². The van der Waals surface area contributed by atoms with Crippen molar-refractivity contribution in [3.8, 4) is 0 Å². The van der Waals surface area contributed by atoms with Gasteiger partial charge in [0.05, 0.1) is 0 Å². The predicted octanol–water partition coefficient (Wildman–Crippen LogP) is 2.61. The minimum absolute atomic E-state index is 0.0924. The molecule has 1 aromatic carbocycles. The Labute approximate surface area is 92.5 Å². The summed E-state index contributed by atoms with van der Waals surface area (Å²) in [5.74, 6) is -0.128. The molecule has 0 bridgehead atoms. The molecule has 2 aromatic rings. The number of nitrogens with one attached hydrogen (secondary N) is 1. The Morgan fingerprint density at radius 2 is 2.31 bits per heavy atom. The van der Waals surface area contributed by atoms with Crippen LogP contribution in [0, 0.1) is 11.7 Å². The van der Waals surface area contributed by atoms with Crippen molar-refractivity contribution in [2.45, 2.75) is 19.3 Å². The third-order valence-corrected chi connectivity index (χ3v) is 3.38. The normalized spacial score (nSPS) is 19.7. The first-order valence-corrected chi connectivity index (χ1v) is 5.52. The Morgan fingerprint density at radius 1 is 1.44 bits per heavy atom. The van der Waals surface area contributed by atoms with E-state index in [1.54, 1.807) is 12.1 Å². The number of rotatable bonds is 1. The number of aromatic amines is 1. The number of aromatic nitrogens is 1. The van der Waals surface area contributed by atoms with E-state index in [4.69, 9.17) is 0 Å². The van der Waals surface area contributed by atoms with Crippen LogP contribution in [-0.2, 0) is 17.6 Å². The van der Waals surface area contributed by atoms with Gasteiger partial charge in [-0.15, -0.1) is 0 Å². The maximum Gasteiger partial charge on any atom is 0.123 e. The zero-order chi connectivity index (χ0) is 11.1. The molecule has 0 aliphatic heterocycles. The highest BCUT2D eigenvalue weighted by molar-refractivity contribution is 5.85. The molecule has 82 valence electrons. The maximum absolute atomic E-state index is 13.2. The second kappa shape index (κ2) is 3.44. The van der Waals surface area contributed by atoms with Gasteiger partial charge in [-0.05, 0) is 43.0 Å². The first-order chi connectivity index (χ1) is 7.78. The maximum atomic E-state index is 13.2. The molecule has 1 N–H and O–H groups in total. The zero-order valence-electron chi connectivity index (χ0n) is 8.79. The second-order valence-electron chi connectivity index (χ2n) is 4.41. The minimum atomic E-state index is -0.220. The van der Waals surface area contributed by atoms with Crippen molar-refractivity contribution in [1.29, 1.82) is 0 Å². The van der Waals surface area contributed by atoms with Crippen LogP contribution >= 0.6 is 0 Å². The minimum Gasteiger partial charge on any atom is -0.358 e. The van der Waals surface area contributed by atoms with Gasteiger partial charge in [-0.25, -0.2) is 4.39 Å². The number of aryl methyl sites for hydroxylation is 1. The van der Waals surface area contributed by atoms with Crippen LogP contribution in [-0.4, -0.2) is 11.3 Å². The lowest BCUT2D eigenvalue weighted by Gasteiger charge is -2.16. The average Bonchev–Trinajstić information content (AvgIpc) is 2.66. The Bertz CT molecular complexity index is 558. The molecule has 1 aliphatic carbocycles. The SMILES string of the molecule is O=C[C@H]1CCc2[nH]c3ccc(F)cc3c2C1. The largest absolute Gasteiger partial charge is 0.358 e. The average molecular weight is 217 g/mol. The van der Waals surface area contributed by atoms with Crippen molar-refractivity contribution in [1.82, 2.24) is 4.98 Å². The number of hydrogen-bond acceptors (Lipinski definition) is 1. The highest BCUT2D eigenvalue weighted by Gasteiger charge is 2.22. The quantitative estimate of drug-likeness (QED) is 0.732. The molecule has 1 atom stereocenters. The van der Waals surface area contributed by atoms with Crippen LogP contribution < -0.4 is 0 Å². The summed E-state index contributed by atoms with van der Waals surface area (Å²) >= 11 is 0. The summed E-state index contributed by atoms with van der Waals surface area (Å²) in [4.78, 5) is 14.1. The molecule has 0 amide bonds. The van der Waals surface area contributed by atoms with Gasteiger partial charge in [-0.2, -0.15) is 0 Å². The van der Waals surface area contributed by atoms with E-state index in [1.165, 1.54) is 11.8 Å². The van der Waals surface area contributed by atoms with Gasteiger partial charge in [0.2, 0.25) is 0 Å². The summed E-state index contributed by atoms with van der Waals surface area (Å²) < 4.78 is 13.2. The van der Waals surface area contributed by atoms with Crippen molar-refractivity contribution in [2.24, 2.45) is 5.92 Å². The molecular weight excluding hydrogens is 205 g/mol. The fourth-order valence-electron chi connectivity index (χ4n) is 2.53. The first kappa shape index (κ1) is 9.58. The van der Waals surface area contributed by atoms with Crippen LogP contribution in [0.15, 0.2) is 18.2 Å².